The van der Waals surface area contributed by atoms with Crippen LogP contribution in [0, 0.1) is 19.3 Å². The zero-order chi connectivity index (χ0) is 27.3. The second kappa shape index (κ2) is 11.6. The summed E-state index contributed by atoms with van der Waals surface area (Å²) >= 11 is 0. The summed E-state index contributed by atoms with van der Waals surface area (Å²) in [6.45, 7) is 13.1. The Kier molecular flexibility index (Phi) is 9.58. The van der Waals surface area contributed by atoms with Gasteiger partial charge in [0, 0.05) is 11.1 Å². The maximum atomic E-state index is 13.3. The first kappa shape index (κ1) is 29.6. The molecule has 0 aliphatic rings. The monoisotopic (exact) mass is 522 g/mol. The van der Waals surface area contributed by atoms with E-state index in [4.69, 9.17) is 9.84 Å². The van der Waals surface area contributed by atoms with E-state index in [0.717, 1.165) is 4.57 Å². The van der Waals surface area contributed by atoms with E-state index in [0.29, 0.717) is 17.5 Å². The molecule has 0 saturated heterocycles. The standard InChI is InChI=1S/C25H38N4O6S/c1-17-18(2)22(31)29(12-14-35-15-13-30)23(32)21(17)27-26-19-10-8-9-11-20(19)36(33,34)28-25(6,7)16-24(3,4)5/h8-11,28,30,32H,12-16H2,1-7H3/b27-26+. The van der Waals surface area contributed by atoms with Crippen LogP contribution >= 0.6 is 0 Å². The molecule has 0 fully saturated rings. The Morgan fingerprint density at radius 1 is 1.03 bits per heavy atom. The van der Waals surface area contributed by atoms with Crippen LogP contribution in [0.3, 0.4) is 0 Å². The Hall–Kier alpha value is -2.60. The van der Waals surface area contributed by atoms with Gasteiger partial charge in [0.05, 0.1) is 26.4 Å². The van der Waals surface area contributed by atoms with Crippen molar-refractivity contribution in [3.63, 3.8) is 0 Å². The van der Waals surface area contributed by atoms with Crippen LogP contribution in [0.1, 0.15) is 52.2 Å². The van der Waals surface area contributed by atoms with Crippen molar-refractivity contribution in [1.29, 1.82) is 0 Å². The van der Waals surface area contributed by atoms with Gasteiger partial charge in [0.2, 0.25) is 15.9 Å². The number of hydrogen-bond acceptors (Lipinski definition) is 8. The number of aliphatic hydroxyl groups excluding tert-OH is 1. The molecule has 200 valence electrons. The molecule has 0 amide bonds. The van der Waals surface area contributed by atoms with E-state index in [9.17, 15) is 18.3 Å². The second-order valence-corrected chi connectivity index (χ2v) is 12.3. The van der Waals surface area contributed by atoms with Crippen molar-refractivity contribution in [3.05, 3.63) is 45.7 Å². The highest BCUT2D eigenvalue weighted by Gasteiger charge is 2.31. The van der Waals surface area contributed by atoms with Gasteiger partial charge in [0.1, 0.15) is 16.3 Å². The first-order chi connectivity index (χ1) is 16.6. The molecule has 2 aromatic rings. The number of rotatable bonds is 11. The summed E-state index contributed by atoms with van der Waals surface area (Å²) in [5.74, 6) is -0.399. The van der Waals surface area contributed by atoms with Crippen molar-refractivity contribution in [3.8, 4) is 5.88 Å². The van der Waals surface area contributed by atoms with Crippen molar-refractivity contribution in [2.45, 2.75) is 71.9 Å². The zero-order valence-electron chi connectivity index (χ0n) is 22.1. The minimum absolute atomic E-state index is 0.0460. The highest BCUT2D eigenvalue weighted by Crippen LogP contribution is 2.34. The van der Waals surface area contributed by atoms with Gasteiger partial charge in [-0.05, 0) is 57.2 Å². The number of hydrogen-bond donors (Lipinski definition) is 3. The lowest BCUT2D eigenvalue weighted by atomic mass is 9.82. The summed E-state index contributed by atoms with van der Waals surface area (Å²) in [5.41, 5.74) is -0.246. The maximum absolute atomic E-state index is 13.3. The number of ether oxygens (including phenoxy) is 1. The van der Waals surface area contributed by atoms with Gasteiger partial charge >= 0.3 is 0 Å². The Morgan fingerprint density at radius 2 is 1.67 bits per heavy atom. The molecule has 10 nitrogen and oxygen atoms in total. The Bertz CT molecular complexity index is 1260. The van der Waals surface area contributed by atoms with Crippen molar-refractivity contribution in [2.24, 2.45) is 15.6 Å². The van der Waals surface area contributed by atoms with Gasteiger partial charge in [0.25, 0.3) is 5.56 Å². The summed E-state index contributed by atoms with van der Waals surface area (Å²) in [6.07, 6.45) is 0.610. The second-order valence-electron chi connectivity index (χ2n) is 10.6. The van der Waals surface area contributed by atoms with E-state index in [1.165, 1.54) is 12.1 Å². The molecule has 0 aliphatic heterocycles. The number of aromatic hydroxyl groups is 1. The number of nitrogens with one attached hydrogen (secondary N) is 1. The van der Waals surface area contributed by atoms with Crippen LogP contribution in [0.4, 0.5) is 11.4 Å². The molecule has 0 unspecified atom stereocenters. The van der Waals surface area contributed by atoms with Crippen LogP contribution in [0.2, 0.25) is 0 Å². The molecule has 0 atom stereocenters. The van der Waals surface area contributed by atoms with Crippen LogP contribution < -0.4 is 10.3 Å². The van der Waals surface area contributed by atoms with Gasteiger partial charge in [-0.15, -0.1) is 10.2 Å². The number of azo groups is 1. The average Bonchev–Trinajstić information content (AvgIpc) is 2.75. The lowest BCUT2D eigenvalue weighted by Gasteiger charge is -2.33. The van der Waals surface area contributed by atoms with Crippen LogP contribution in [0.25, 0.3) is 0 Å². The smallest absolute Gasteiger partial charge is 0.256 e. The van der Waals surface area contributed by atoms with Crippen molar-refractivity contribution in [2.75, 3.05) is 19.8 Å². The van der Waals surface area contributed by atoms with Crippen LogP contribution in [-0.4, -0.2) is 48.6 Å². The fourth-order valence-corrected chi connectivity index (χ4v) is 5.78. The average molecular weight is 523 g/mol. The van der Waals surface area contributed by atoms with E-state index < -0.39 is 27.0 Å². The number of aromatic nitrogens is 1. The first-order valence-corrected chi connectivity index (χ1v) is 13.2. The minimum atomic E-state index is -3.94. The van der Waals surface area contributed by atoms with E-state index in [-0.39, 0.29) is 48.1 Å². The van der Waals surface area contributed by atoms with E-state index >= 15 is 0 Å². The lowest BCUT2D eigenvalue weighted by Crippen LogP contribution is -2.45. The van der Waals surface area contributed by atoms with Gasteiger partial charge in [0.15, 0.2) is 0 Å². The van der Waals surface area contributed by atoms with Gasteiger partial charge < -0.3 is 14.9 Å². The molecule has 36 heavy (non-hydrogen) atoms. The fourth-order valence-electron chi connectivity index (χ4n) is 4.23. The minimum Gasteiger partial charge on any atom is -0.493 e. The molecule has 1 aromatic heterocycles. The SMILES string of the molecule is Cc1c(/N=N/c2ccccc2S(=O)(=O)NC(C)(C)CC(C)(C)C)c(O)n(CCOCCO)c(=O)c1C. The number of sulfonamides is 1. The van der Waals surface area contributed by atoms with Crippen molar-refractivity contribution in [1.82, 2.24) is 9.29 Å². The molecular formula is C25H38N4O6S. The number of pyridine rings is 1. The van der Waals surface area contributed by atoms with Crippen LogP contribution in [0.15, 0.2) is 44.2 Å². The van der Waals surface area contributed by atoms with Crippen molar-refractivity contribution < 1.29 is 23.4 Å². The Morgan fingerprint density at radius 3 is 2.28 bits per heavy atom. The van der Waals surface area contributed by atoms with Crippen LogP contribution in [0.5, 0.6) is 5.88 Å². The molecule has 0 radical (unpaired) electrons. The summed E-state index contributed by atoms with van der Waals surface area (Å²) in [7, 11) is -3.94. The van der Waals surface area contributed by atoms with Gasteiger partial charge in [-0.3, -0.25) is 9.36 Å². The molecule has 0 aliphatic carbocycles. The molecule has 0 bridgehead atoms. The summed E-state index contributed by atoms with van der Waals surface area (Å²) < 4.78 is 35.7. The molecular weight excluding hydrogens is 484 g/mol. The third-order valence-corrected chi connectivity index (χ3v) is 7.19. The topological polar surface area (TPSA) is 143 Å². The number of nitrogens with zero attached hydrogens (tertiary/aromatic N) is 3. The number of aliphatic hydroxyl groups is 1. The first-order valence-electron chi connectivity index (χ1n) is 11.8. The third kappa shape index (κ3) is 7.70. The van der Waals surface area contributed by atoms with E-state index in [1.807, 2.05) is 34.6 Å². The zero-order valence-corrected chi connectivity index (χ0v) is 22.9. The molecule has 2 rings (SSSR count). The molecule has 11 heteroatoms. The highest BCUT2D eigenvalue weighted by atomic mass is 32.2. The predicted octanol–water partition coefficient (Wildman–Crippen LogP) is 4.09. The molecule has 0 spiro atoms. The van der Waals surface area contributed by atoms with Gasteiger partial charge in [-0.2, -0.15) is 0 Å². The molecule has 0 saturated carbocycles. The molecule has 3 N–H and O–H groups in total. The van der Waals surface area contributed by atoms with Gasteiger partial charge in [-0.1, -0.05) is 32.9 Å². The third-order valence-electron chi connectivity index (χ3n) is 5.44. The molecule has 1 heterocycles. The summed E-state index contributed by atoms with van der Waals surface area (Å²) in [5, 5.41) is 27.9. The van der Waals surface area contributed by atoms with E-state index in [1.54, 1.807) is 26.0 Å². The summed E-state index contributed by atoms with van der Waals surface area (Å²) in [4.78, 5) is 12.6. The Labute approximate surface area is 213 Å². The fraction of sp³-hybridized carbons (Fsp3) is 0.560. The quantitative estimate of drug-likeness (QED) is 0.300. The molecule has 1 aromatic carbocycles. The van der Waals surface area contributed by atoms with E-state index in [2.05, 4.69) is 15.0 Å². The normalized spacial score (nSPS) is 13.0. The van der Waals surface area contributed by atoms with Crippen LogP contribution in [-0.2, 0) is 21.3 Å². The predicted molar refractivity (Wildman–Crippen MR) is 139 cm³/mol. The Balaban J connectivity index is 2.46. The number of benzene rings is 1. The lowest BCUT2D eigenvalue weighted by molar-refractivity contribution is 0.0854. The summed E-state index contributed by atoms with van der Waals surface area (Å²) in [6, 6.07) is 6.21. The maximum Gasteiger partial charge on any atom is 0.256 e. The largest absolute Gasteiger partial charge is 0.493 e. The van der Waals surface area contributed by atoms with Gasteiger partial charge in [-0.25, -0.2) is 13.1 Å². The highest BCUT2D eigenvalue weighted by molar-refractivity contribution is 7.89. The van der Waals surface area contributed by atoms with Crippen molar-refractivity contribution >= 4 is 21.4 Å².